The third kappa shape index (κ3) is 25.7. The zero-order valence-corrected chi connectivity index (χ0v) is 32.4. The first-order valence-electron chi connectivity index (χ1n) is 19.0. The minimum Gasteiger partial charge on any atom is -0.462 e. The van der Waals surface area contributed by atoms with Crippen LogP contribution in [0.25, 0.3) is 0 Å². The number of hydrogen-bond donors (Lipinski definition) is 4. The summed E-state index contributed by atoms with van der Waals surface area (Å²) in [4.78, 5) is 25.1. The van der Waals surface area contributed by atoms with Crippen LogP contribution in [0.4, 0.5) is 0 Å². The summed E-state index contributed by atoms with van der Waals surface area (Å²) in [6.07, 6.45) is 27.1. The van der Waals surface area contributed by atoms with E-state index in [1.165, 1.54) is 0 Å². The second-order valence-corrected chi connectivity index (χ2v) is 14.4. The van der Waals surface area contributed by atoms with Crippen LogP contribution in [0, 0.1) is 0 Å². The van der Waals surface area contributed by atoms with Crippen LogP contribution in [0.3, 0.4) is 0 Å². The fraction of sp³-hybridized carbons (Fsp3) is 0.650. The van der Waals surface area contributed by atoms with E-state index in [1.54, 1.807) is 6.08 Å². The van der Waals surface area contributed by atoms with Gasteiger partial charge in [-0.15, -0.1) is 0 Å². The molecule has 12 nitrogen and oxygen atoms in total. The van der Waals surface area contributed by atoms with E-state index in [4.69, 9.17) is 18.9 Å². The fourth-order valence-corrected chi connectivity index (χ4v) is 5.80. The van der Waals surface area contributed by atoms with E-state index < -0.39 is 71.2 Å². The molecule has 1 heterocycles. The Morgan fingerprint density at radius 2 is 1.25 bits per heavy atom. The van der Waals surface area contributed by atoms with Crippen LogP contribution in [0.5, 0.6) is 0 Å². The van der Waals surface area contributed by atoms with E-state index in [0.717, 1.165) is 70.6 Å². The molecule has 1 rings (SSSR count). The number of allylic oxidation sites excluding steroid dienone is 11. The van der Waals surface area contributed by atoms with Crippen molar-refractivity contribution in [3.8, 4) is 0 Å². The van der Waals surface area contributed by atoms with Gasteiger partial charge in [0.15, 0.2) is 12.4 Å². The summed E-state index contributed by atoms with van der Waals surface area (Å²) < 4.78 is 53.6. The molecule has 13 heteroatoms. The Hall–Kier alpha value is -2.91. The average molecular weight is 769 g/mol. The molecule has 0 aliphatic carbocycles. The Morgan fingerprint density at radius 3 is 1.85 bits per heavy atom. The van der Waals surface area contributed by atoms with Crippen LogP contribution in [-0.2, 0) is 38.7 Å². The molecule has 6 atom stereocenters. The van der Waals surface area contributed by atoms with Gasteiger partial charge in [0.05, 0.1) is 13.0 Å². The first-order chi connectivity index (χ1) is 25.5. The normalized spacial score (nSPS) is 22.0. The molecular formula is C40H64O12S. The predicted molar refractivity (Wildman–Crippen MR) is 205 cm³/mol. The van der Waals surface area contributed by atoms with Crippen molar-refractivity contribution in [1.29, 1.82) is 0 Å². The molecule has 53 heavy (non-hydrogen) atoms. The van der Waals surface area contributed by atoms with Gasteiger partial charge in [-0.05, 0) is 57.8 Å². The van der Waals surface area contributed by atoms with Crippen molar-refractivity contribution < 1.29 is 56.8 Å². The quantitative estimate of drug-likeness (QED) is 0.0285. The van der Waals surface area contributed by atoms with Gasteiger partial charge in [-0.25, -0.2) is 0 Å². The summed E-state index contributed by atoms with van der Waals surface area (Å²) in [7, 11) is -4.61. The first kappa shape index (κ1) is 48.1. The van der Waals surface area contributed by atoms with Gasteiger partial charge in [0, 0.05) is 6.42 Å². The SMILES string of the molecule is CC/C=C\C/C=C\C/C=C\C/C=C\C/C=C\CC(=O)OC(COC(=O)CCCCCCC/C=C\CCC)COC1OC(CS(=O)(=O)O)C(O)C(O)C1O. The van der Waals surface area contributed by atoms with Crippen molar-refractivity contribution in [3.63, 3.8) is 0 Å². The number of aliphatic hydroxyl groups is 3. The lowest BCUT2D eigenvalue weighted by Crippen LogP contribution is -2.60. The molecule has 0 radical (unpaired) electrons. The molecule has 0 saturated carbocycles. The van der Waals surface area contributed by atoms with E-state index in [9.17, 15) is 37.9 Å². The summed E-state index contributed by atoms with van der Waals surface area (Å²) in [6.45, 7) is 3.44. The fourth-order valence-electron chi connectivity index (χ4n) is 5.10. The molecule has 4 N–H and O–H groups in total. The van der Waals surface area contributed by atoms with Crippen molar-refractivity contribution in [2.24, 2.45) is 0 Å². The van der Waals surface area contributed by atoms with Crippen molar-refractivity contribution >= 4 is 22.1 Å². The minimum absolute atomic E-state index is 0.0732. The first-order valence-corrected chi connectivity index (χ1v) is 20.6. The maximum Gasteiger partial charge on any atom is 0.310 e. The number of rotatable bonds is 29. The second kappa shape index (κ2) is 30.4. The number of esters is 2. The van der Waals surface area contributed by atoms with E-state index in [-0.39, 0.29) is 19.4 Å². The molecule has 1 aliphatic rings. The zero-order valence-electron chi connectivity index (χ0n) is 31.6. The Balaban J connectivity index is 2.62. The van der Waals surface area contributed by atoms with Gasteiger partial charge in [-0.1, -0.05) is 112 Å². The monoisotopic (exact) mass is 768 g/mol. The topological polar surface area (TPSA) is 186 Å². The summed E-state index contributed by atoms with van der Waals surface area (Å²) in [6, 6.07) is 0. The Labute approximate surface area is 317 Å². The molecule has 0 bridgehead atoms. The maximum atomic E-state index is 12.7. The second-order valence-electron chi connectivity index (χ2n) is 12.9. The standard InChI is InChI=1S/C40H64O12S/c1-3-5-7-9-11-13-15-16-17-18-19-21-23-25-27-29-36(42)51-33(30-49-35(41)28-26-24-22-20-14-12-10-8-6-4-2)31-50-40-39(45)38(44)37(43)34(52-40)32-53(46,47)48/h5,7-8,10-11,13,16-17,19,21,25,27,33-34,37-40,43-45H,3-4,6,9,12,14-15,18,20,22-24,26,28-32H2,1-2H3,(H,46,47,48)/b7-5-,10-8-,13-11-,17-16-,21-19-,27-25-. The lowest BCUT2D eigenvalue weighted by atomic mass is 10.00. The summed E-state index contributed by atoms with van der Waals surface area (Å²) in [5, 5.41) is 30.7. The Kier molecular flexibility index (Phi) is 27.6. The third-order valence-electron chi connectivity index (χ3n) is 8.03. The number of carbonyl (C=O) groups is 2. The molecular weight excluding hydrogens is 704 g/mol. The van der Waals surface area contributed by atoms with Crippen LogP contribution in [0.2, 0.25) is 0 Å². The van der Waals surface area contributed by atoms with Crippen LogP contribution in [-0.4, -0.2) is 96.0 Å². The maximum absolute atomic E-state index is 12.7. The third-order valence-corrected chi connectivity index (χ3v) is 8.78. The van der Waals surface area contributed by atoms with Crippen LogP contribution in [0.15, 0.2) is 72.9 Å². The number of hydrogen-bond acceptors (Lipinski definition) is 11. The van der Waals surface area contributed by atoms with Gasteiger partial charge >= 0.3 is 11.9 Å². The summed E-state index contributed by atoms with van der Waals surface area (Å²) in [5.74, 6) is -2.17. The van der Waals surface area contributed by atoms with Crippen LogP contribution >= 0.6 is 0 Å². The van der Waals surface area contributed by atoms with Gasteiger partial charge in [0.2, 0.25) is 0 Å². The molecule has 1 saturated heterocycles. The summed E-state index contributed by atoms with van der Waals surface area (Å²) in [5.41, 5.74) is 0. The van der Waals surface area contributed by atoms with Gasteiger partial charge in [0.25, 0.3) is 10.1 Å². The van der Waals surface area contributed by atoms with E-state index in [1.807, 2.05) is 18.2 Å². The van der Waals surface area contributed by atoms with Crippen molar-refractivity contribution in [1.82, 2.24) is 0 Å². The highest BCUT2D eigenvalue weighted by Gasteiger charge is 2.46. The number of ether oxygens (including phenoxy) is 4. The highest BCUT2D eigenvalue weighted by atomic mass is 32.2. The van der Waals surface area contributed by atoms with Crippen LogP contribution in [0.1, 0.15) is 110 Å². The predicted octanol–water partition coefficient (Wildman–Crippen LogP) is 6.38. The molecule has 1 aliphatic heterocycles. The van der Waals surface area contributed by atoms with Gasteiger partial charge < -0.3 is 34.3 Å². The highest BCUT2D eigenvalue weighted by molar-refractivity contribution is 7.85. The van der Waals surface area contributed by atoms with Crippen molar-refractivity contribution in [2.45, 2.75) is 147 Å². The number of unbranched alkanes of at least 4 members (excludes halogenated alkanes) is 6. The van der Waals surface area contributed by atoms with Gasteiger partial charge in [-0.3, -0.25) is 14.1 Å². The molecule has 0 aromatic heterocycles. The lowest BCUT2D eigenvalue weighted by molar-refractivity contribution is -0.297. The van der Waals surface area contributed by atoms with Gasteiger partial charge in [0.1, 0.15) is 36.8 Å². The van der Waals surface area contributed by atoms with Crippen molar-refractivity contribution in [2.75, 3.05) is 19.0 Å². The lowest BCUT2D eigenvalue weighted by Gasteiger charge is -2.40. The molecule has 6 unspecified atom stereocenters. The van der Waals surface area contributed by atoms with Crippen molar-refractivity contribution in [3.05, 3.63) is 72.9 Å². The number of carbonyl (C=O) groups excluding carboxylic acids is 2. The van der Waals surface area contributed by atoms with E-state index >= 15 is 0 Å². The highest BCUT2D eigenvalue weighted by Crippen LogP contribution is 2.23. The molecule has 0 aromatic carbocycles. The summed E-state index contributed by atoms with van der Waals surface area (Å²) >= 11 is 0. The molecule has 1 fully saturated rings. The molecule has 0 aromatic rings. The van der Waals surface area contributed by atoms with Gasteiger partial charge in [-0.2, -0.15) is 8.42 Å². The van der Waals surface area contributed by atoms with Crippen LogP contribution < -0.4 is 0 Å². The van der Waals surface area contributed by atoms with E-state index in [0.29, 0.717) is 12.8 Å². The Bertz CT molecular complexity index is 1270. The average Bonchev–Trinajstić information content (AvgIpc) is 3.12. The number of aliphatic hydroxyl groups excluding tert-OH is 3. The minimum atomic E-state index is -4.61. The largest absolute Gasteiger partial charge is 0.462 e. The molecule has 0 spiro atoms. The molecule has 0 amide bonds. The smallest absolute Gasteiger partial charge is 0.310 e. The molecule has 302 valence electrons. The van der Waals surface area contributed by atoms with E-state index in [2.05, 4.69) is 62.5 Å². The zero-order chi connectivity index (χ0) is 39.2. The Morgan fingerprint density at radius 1 is 0.679 bits per heavy atom.